The number of rotatable bonds is 5. The number of halogens is 1. The van der Waals surface area contributed by atoms with Crippen molar-refractivity contribution in [1.82, 2.24) is 15.3 Å². The number of carbonyl (C=O) groups excluding carboxylic acids is 1. The minimum Gasteiger partial charge on any atom is -0.349 e. The van der Waals surface area contributed by atoms with E-state index in [2.05, 4.69) is 15.3 Å². The average Bonchev–Trinajstić information content (AvgIpc) is 3.22. The molecule has 3 aromatic rings. The Morgan fingerprint density at radius 3 is 2.71 bits per heavy atom. The second-order valence-corrected chi connectivity index (χ2v) is 9.57. The molecule has 0 aliphatic heterocycles. The first-order chi connectivity index (χ1) is 13.4. The van der Waals surface area contributed by atoms with E-state index in [0.717, 1.165) is 39.5 Å². The van der Waals surface area contributed by atoms with Gasteiger partial charge in [-0.05, 0) is 63.3 Å². The van der Waals surface area contributed by atoms with Crippen LogP contribution in [0.25, 0.3) is 10.2 Å². The SMILES string of the molecule is Cc1nc(S[C@@H](C)C(=O)N[C@H](C)c2ccc(F)cc2)c2c3c(sc2n1)CCC3. The maximum absolute atomic E-state index is 13.1. The summed E-state index contributed by atoms with van der Waals surface area (Å²) in [5.41, 5.74) is 2.25. The van der Waals surface area contributed by atoms with E-state index in [1.54, 1.807) is 23.5 Å². The van der Waals surface area contributed by atoms with Gasteiger partial charge in [-0.1, -0.05) is 23.9 Å². The molecule has 1 aliphatic rings. The molecule has 1 N–H and O–H groups in total. The highest BCUT2D eigenvalue weighted by Crippen LogP contribution is 2.41. The van der Waals surface area contributed by atoms with Gasteiger partial charge in [0.25, 0.3) is 0 Å². The molecule has 4 nitrogen and oxygen atoms in total. The number of hydrogen-bond donors (Lipinski definition) is 1. The van der Waals surface area contributed by atoms with Crippen LogP contribution in [0, 0.1) is 12.7 Å². The molecule has 2 atom stereocenters. The summed E-state index contributed by atoms with van der Waals surface area (Å²) in [7, 11) is 0. The summed E-state index contributed by atoms with van der Waals surface area (Å²) in [4.78, 5) is 24.5. The summed E-state index contributed by atoms with van der Waals surface area (Å²) in [5, 5.41) is 4.77. The van der Waals surface area contributed by atoms with E-state index >= 15 is 0 Å². The lowest BCUT2D eigenvalue weighted by Crippen LogP contribution is -2.33. The van der Waals surface area contributed by atoms with Gasteiger partial charge in [0.15, 0.2) is 0 Å². The number of aryl methyl sites for hydroxylation is 3. The van der Waals surface area contributed by atoms with Crippen LogP contribution in [0.1, 0.15) is 48.1 Å². The van der Waals surface area contributed by atoms with Crippen LogP contribution < -0.4 is 5.32 Å². The third-order valence-corrected chi connectivity index (χ3v) is 7.30. The number of carbonyl (C=O) groups is 1. The highest BCUT2D eigenvalue weighted by atomic mass is 32.2. The summed E-state index contributed by atoms with van der Waals surface area (Å²) >= 11 is 3.25. The van der Waals surface area contributed by atoms with E-state index in [1.165, 1.54) is 40.8 Å². The van der Waals surface area contributed by atoms with Gasteiger partial charge in [-0.25, -0.2) is 14.4 Å². The molecule has 7 heteroatoms. The topological polar surface area (TPSA) is 54.9 Å². The molecule has 2 aromatic heterocycles. The van der Waals surface area contributed by atoms with Gasteiger partial charge >= 0.3 is 0 Å². The molecule has 0 saturated heterocycles. The van der Waals surface area contributed by atoms with Crippen LogP contribution in [0.5, 0.6) is 0 Å². The highest BCUT2D eigenvalue weighted by Gasteiger charge is 2.25. The molecule has 4 rings (SSSR count). The van der Waals surface area contributed by atoms with Crippen molar-refractivity contribution in [3.8, 4) is 0 Å². The number of thioether (sulfide) groups is 1. The Kier molecular flexibility index (Phi) is 5.38. The lowest BCUT2D eigenvalue weighted by molar-refractivity contribution is -0.120. The van der Waals surface area contributed by atoms with Gasteiger partial charge in [0.05, 0.1) is 11.3 Å². The van der Waals surface area contributed by atoms with E-state index in [-0.39, 0.29) is 23.0 Å². The Labute approximate surface area is 172 Å². The van der Waals surface area contributed by atoms with E-state index in [0.29, 0.717) is 0 Å². The second kappa shape index (κ2) is 7.79. The molecule has 0 unspecified atom stereocenters. The molecule has 1 aromatic carbocycles. The second-order valence-electron chi connectivity index (χ2n) is 7.16. The van der Waals surface area contributed by atoms with E-state index in [1.807, 2.05) is 20.8 Å². The van der Waals surface area contributed by atoms with Gasteiger partial charge < -0.3 is 5.32 Å². The molecule has 0 bridgehead atoms. The van der Waals surface area contributed by atoms with Gasteiger partial charge in [-0.3, -0.25) is 4.79 Å². The zero-order chi connectivity index (χ0) is 19.8. The van der Waals surface area contributed by atoms with Crippen molar-refractivity contribution in [1.29, 1.82) is 0 Å². The van der Waals surface area contributed by atoms with E-state index in [9.17, 15) is 9.18 Å². The van der Waals surface area contributed by atoms with Crippen LogP contribution in [0.2, 0.25) is 0 Å². The summed E-state index contributed by atoms with van der Waals surface area (Å²) in [5.74, 6) is 0.401. The van der Waals surface area contributed by atoms with Crippen LogP contribution in [0.15, 0.2) is 29.3 Å². The fraction of sp³-hybridized carbons (Fsp3) is 0.381. The lowest BCUT2D eigenvalue weighted by Gasteiger charge is -2.18. The van der Waals surface area contributed by atoms with Crippen LogP contribution >= 0.6 is 23.1 Å². The molecule has 0 spiro atoms. The molecule has 146 valence electrons. The quantitative estimate of drug-likeness (QED) is 0.471. The zero-order valence-corrected chi connectivity index (χ0v) is 17.7. The average molecular weight is 416 g/mol. The Balaban J connectivity index is 1.52. The molecule has 1 aliphatic carbocycles. The normalized spacial score (nSPS) is 15.4. The number of hydrogen-bond acceptors (Lipinski definition) is 5. The van der Waals surface area contributed by atoms with Crippen LogP contribution in [0.3, 0.4) is 0 Å². The molecule has 0 radical (unpaired) electrons. The monoisotopic (exact) mass is 415 g/mol. The third-order valence-electron chi connectivity index (χ3n) is 5.03. The Hall–Kier alpha value is -1.99. The molecular weight excluding hydrogens is 393 g/mol. The minimum absolute atomic E-state index is 0.0573. The van der Waals surface area contributed by atoms with Crippen molar-refractivity contribution < 1.29 is 9.18 Å². The van der Waals surface area contributed by atoms with Gasteiger partial charge in [0.1, 0.15) is 21.5 Å². The van der Waals surface area contributed by atoms with E-state index < -0.39 is 0 Å². The predicted molar refractivity (Wildman–Crippen MR) is 112 cm³/mol. The van der Waals surface area contributed by atoms with Crippen LogP contribution in [0.4, 0.5) is 4.39 Å². The standard InChI is InChI=1S/C21H22FN3OS2/c1-11(14-7-9-15(22)10-8-14)23-19(26)12(2)27-20-18-16-5-4-6-17(16)28-21(18)25-13(3)24-20/h7-12H,4-6H2,1-3H3,(H,23,26)/t11-,12+/m1/s1. The van der Waals surface area contributed by atoms with Crippen molar-refractivity contribution in [2.24, 2.45) is 0 Å². The maximum atomic E-state index is 13.1. The number of thiophene rings is 1. The number of nitrogens with zero attached hydrogens (tertiary/aromatic N) is 2. The first kappa shape index (κ1) is 19.3. The van der Waals surface area contributed by atoms with Crippen molar-refractivity contribution in [3.05, 3.63) is 51.9 Å². The highest BCUT2D eigenvalue weighted by molar-refractivity contribution is 8.00. The molecular formula is C21H22FN3OS2. The third kappa shape index (κ3) is 3.78. The van der Waals surface area contributed by atoms with E-state index in [4.69, 9.17) is 0 Å². The van der Waals surface area contributed by atoms with Crippen LogP contribution in [-0.4, -0.2) is 21.1 Å². The Morgan fingerprint density at radius 2 is 1.96 bits per heavy atom. The number of benzene rings is 1. The fourth-order valence-corrected chi connectivity index (χ4v) is 5.94. The predicted octanol–water partition coefficient (Wildman–Crippen LogP) is 4.99. The van der Waals surface area contributed by atoms with Crippen molar-refractivity contribution >= 4 is 39.2 Å². The maximum Gasteiger partial charge on any atom is 0.233 e. The summed E-state index contributed by atoms with van der Waals surface area (Å²) in [6.45, 7) is 5.70. The Bertz CT molecular complexity index is 1030. The van der Waals surface area contributed by atoms with Gasteiger partial charge in [0, 0.05) is 10.3 Å². The summed E-state index contributed by atoms with van der Waals surface area (Å²) in [6, 6.07) is 6.03. The summed E-state index contributed by atoms with van der Waals surface area (Å²) in [6.07, 6.45) is 3.36. The van der Waals surface area contributed by atoms with Crippen molar-refractivity contribution in [2.45, 2.75) is 56.4 Å². The molecule has 1 amide bonds. The number of nitrogens with one attached hydrogen (secondary N) is 1. The fourth-order valence-electron chi connectivity index (χ4n) is 3.54. The molecule has 0 fully saturated rings. The van der Waals surface area contributed by atoms with Crippen LogP contribution in [-0.2, 0) is 17.6 Å². The van der Waals surface area contributed by atoms with Gasteiger partial charge in [0.2, 0.25) is 5.91 Å². The smallest absolute Gasteiger partial charge is 0.233 e. The number of amides is 1. The number of aromatic nitrogens is 2. The molecule has 0 saturated carbocycles. The van der Waals surface area contributed by atoms with Crippen molar-refractivity contribution in [3.63, 3.8) is 0 Å². The Morgan fingerprint density at radius 1 is 1.21 bits per heavy atom. The van der Waals surface area contributed by atoms with Crippen molar-refractivity contribution in [2.75, 3.05) is 0 Å². The minimum atomic E-state index is -0.294. The largest absolute Gasteiger partial charge is 0.349 e. The lowest BCUT2D eigenvalue weighted by atomic mass is 10.1. The number of fused-ring (bicyclic) bond motifs is 3. The summed E-state index contributed by atoms with van der Waals surface area (Å²) < 4.78 is 13.1. The first-order valence-corrected chi connectivity index (χ1v) is 11.1. The zero-order valence-electron chi connectivity index (χ0n) is 16.1. The van der Waals surface area contributed by atoms with Gasteiger partial charge in [-0.15, -0.1) is 11.3 Å². The van der Waals surface area contributed by atoms with Gasteiger partial charge in [-0.2, -0.15) is 0 Å². The molecule has 2 heterocycles. The first-order valence-electron chi connectivity index (χ1n) is 9.43. The molecule has 28 heavy (non-hydrogen) atoms.